The maximum atomic E-state index is 14.2. The lowest BCUT2D eigenvalue weighted by molar-refractivity contribution is -0.262. The summed E-state index contributed by atoms with van der Waals surface area (Å²) in [5.41, 5.74) is -3.82. The number of carbonyl (C=O) groups is 2. The number of rotatable bonds is 11. The molecule has 1 atom stereocenters. The fourth-order valence-corrected chi connectivity index (χ4v) is 5.10. The Morgan fingerprint density at radius 2 is 1.76 bits per heavy atom. The van der Waals surface area contributed by atoms with E-state index in [1.807, 2.05) is 0 Å². The van der Waals surface area contributed by atoms with Crippen molar-refractivity contribution in [1.82, 2.24) is 9.80 Å². The van der Waals surface area contributed by atoms with E-state index in [9.17, 15) is 27.9 Å². The molecule has 1 fully saturated rings. The number of hydrogen-bond donors (Lipinski definition) is 1. The van der Waals surface area contributed by atoms with Gasteiger partial charge in [-0.1, -0.05) is 30.2 Å². The zero-order chi connectivity index (χ0) is 30.4. The van der Waals surface area contributed by atoms with Crippen LogP contribution >= 0.6 is 11.6 Å². The van der Waals surface area contributed by atoms with Crippen molar-refractivity contribution in [2.45, 2.75) is 63.8 Å². The number of likely N-dealkylation sites (tertiary alicyclic amines) is 1. The molecule has 41 heavy (non-hydrogen) atoms. The van der Waals surface area contributed by atoms with Gasteiger partial charge >= 0.3 is 6.18 Å². The monoisotopic (exact) mass is 598 g/mol. The second kappa shape index (κ2) is 13.8. The Bertz CT molecular complexity index is 1200. The van der Waals surface area contributed by atoms with E-state index in [2.05, 4.69) is 0 Å². The van der Waals surface area contributed by atoms with Crippen molar-refractivity contribution in [1.29, 1.82) is 0 Å². The Hall–Kier alpha value is -2.98. The minimum atomic E-state index is -5.20. The van der Waals surface area contributed by atoms with E-state index in [0.717, 1.165) is 36.3 Å². The third-order valence-electron chi connectivity index (χ3n) is 7.10. The fourth-order valence-electron chi connectivity index (χ4n) is 4.85. The molecule has 1 heterocycles. The first-order chi connectivity index (χ1) is 19.2. The second-order valence-corrected chi connectivity index (χ2v) is 11.2. The third kappa shape index (κ3) is 8.07. The summed E-state index contributed by atoms with van der Waals surface area (Å²) in [5.74, 6) is -0.587. The quantitative estimate of drug-likeness (QED) is 0.318. The van der Waals surface area contributed by atoms with Gasteiger partial charge in [-0.25, -0.2) is 0 Å². The molecule has 1 aliphatic rings. The number of halogens is 4. The number of ether oxygens (including phenoxy) is 2. The van der Waals surface area contributed by atoms with Gasteiger partial charge in [-0.3, -0.25) is 9.59 Å². The molecule has 11 heteroatoms. The third-order valence-corrected chi connectivity index (χ3v) is 7.41. The normalized spacial score (nSPS) is 15.9. The maximum absolute atomic E-state index is 14.2. The lowest BCUT2D eigenvalue weighted by Gasteiger charge is -2.38. The van der Waals surface area contributed by atoms with E-state index >= 15 is 0 Å². The van der Waals surface area contributed by atoms with Crippen molar-refractivity contribution in [2.75, 3.05) is 33.8 Å². The molecule has 1 aliphatic heterocycles. The van der Waals surface area contributed by atoms with Gasteiger partial charge in [-0.2, -0.15) is 13.2 Å². The van der Waals surface area contributed by atoms with Gasteiger partial charge < -0.3 is 24.4 Å². The van der Waals surface area contributed by atoms with Crippen LogP contribution in [0.5, 0.6) is 11.5 Å². The maximum Gasteiger partial charge on any atom is 0.430 e. The summed E-state index contributed by atoms with van der Waals surface area (Å²) in [4.78, 5) is 27.8. The summed E-state index contributed by atoms with van der Waals surface area (Å²) < 4.78 is 53.7. The second-order valence-electron chi connectivity index (χ2n) is 10.8. The van der Waals surface area contributed by atoms with Crippen molar-refractivity contribution in [3.8, 4) is 11.5 Å². The van der Waals surface area contributed by atoms with E-state index in [-0.39, 0.29) is 36.8 Å². The number of carbonyl (C=O) groups excluding carboxylic acids is 2. The van der Waals surface area contributed by atoms with Crippen LogP contribution in [0, 0.1) is 5.92 Å². The van der Waals surface area contributed by atoms with E-state index in [1.165, 1.54) is 17.0 Å². The van der Waals surface area contributed by atoms with Crippen LogP contribution in [0.25, 0.3) is 0 Å². The summed E-state index contributed by atoms with van der Waals surface area (Å²) in [7, 11) is 3.30. The Morgan fingerprint density at radius 3 is 2.34 bits per heavy atom. The topological polar surface area (TPSA) is 79.3 Å². The molecule has 2 aromatic rings. The number of alkyl halides is 3. The van der Waals surface area contributed by atoms with Crippen LogP contribution in [0.15, 0.2) is 42.5 Å². The zero-order valence-corrected chi connectivity index (χ0v) is 24.6. The van der Waals surface area contributed by atoms with Gasteiger partial charge in [0.15, 0.2) is 0 Å². The van der Waals surface area contributed by atoms with Crippen molar-refractivity contribution in [3.05, 3.63) is 58.6 Å². The van der Waals surface area contributed by atoms with Crippen molar-refractivity contribution in [2.24, 2.45) is 5.92 Å². The molecule has 0 radical (unpaired) electrons. The highest BCUT2D eigenvalue weighted by Crippen LogP contribution is 2.42. The number of hydrogen-bond acceptors (Lipinski definition) is 5. The smallest absolute Gasteiger partial charge is 0.430 e. The summed E-state index contributed by atoms with van der Waals surface area (Å²) in [6.45, 7) is 4.19. The van der Waals surface area contributed by atoms with E-state index < -0.39 is 23.2 Å². The predicted molar refractivity (Wildman–Crippen MR) is 150 cm³/mol. The lowest BCUT2D eigenvalue weighted by atomic mass is 9.87. The molecule has 2 aromatic carbocycles. The van der Waals surface area contributed by atoms with Crippen LogP contribution < -0.4 is 9.47 Å². The van der Waals surface area contributed by atoms with Crippen LogP contribution in [0.2, 0.25) is 5.02 Å². The number of nitrogens with zero attached hydrogens (tertiary/aromatic N) is 2. The van der Waals surface area contributed by atoms with Crippen molar-refractivity contribution >= 4 is 23.4 Å². The molecule has 7 nitrogen and oxygen atoms in total. The molecular weight excluding hydrogens is 561 g/mol. The summed E-state index contributed by atoms with van der Waals surface area (Å²) >= 11 is 6.22. The van der Waals surface area contributed by atoms with Crippen LogP contribution in [0.4, 0.5) is 13.2 Å². The number of benzene rings is 2. The average molecular weight is 599 g/mol. The molecule has 0 aromatic heterocycles. The van der Waals surface area contributed by atoms with Gasteiger partial charge in [0.2, 0.25) is 0 Å². The summed E-state index contributed by atoms with van der Waals surface area (Å²) in [6, 6.07) is 9.94. The standard InChI is InChI=1S/C30H38ClF3N2O5/c1-20(2)41-24-10-7-9-22(18-24)29(39,30(32,33)34)28(38)36-15-13-21(14-16-36)8-5-6-17-40-23-11-12-25(26(31)19-23)27(37)35(3)4/h7,9-12,18-21,39H,5-6,8,13-17H2,1-4H3/t29-/m1/s1. The number of piperidine rings is 1. The number of unbranched alkanes of at least 4 members (excludes halogenated alkanes) is 1. The number of amides is 2. The van der Waals surface area contributed by atoms with Crippen molar-refractivity contribution in [3.63, 3.8) is 0 Å². The van der Waals surface area contributed by atoms with Crippen LogP contribution in [-0.4, -0.2) is 72.8 Å². The van der Waals surface area contributed by atoms with Crippen LogP contribution in [0.3, 0.4) is 0 Å². The van der Waals surface area contributed by atoms with Crippen LogP contribution in [0.1, 0.15) is 61.9 Å². The van der Waals surface area contributed by atoms with E-state index in [1.54, 1.807) is 46.1 Å². The highest BCUT2D eigenvalue weighted by molar-refractivity contribution is 6.34. The Labute approximate surface area is 244 Å². The average Bonchev–Trinajstić information content (AvgIpc) is 2.91. The van der Waals surface area contributed by atoms with E-state index in [4.69, 9.17) is 21.1 Å². The molecule has 1 saturated heterocycles. The largest absolute Gasteiger partial charge is 0.494 e. The first kappa shape index (κ1) is 32.5. The van der Waals surface area contributed by atoms with Gasteiger partial charge in [0.05, 0.1) is 23.3 Å². The molecule has 3 rings (SSSR count). The van der Waals surface area contributed by atoms with Gasteiger partial charge in [-0.05, 0) is 75.8 Å². The summed E-state index contributed by atoms with van der Waals surface area (Å²) in [6.07, 6.45) is -1.93. The molecule has 226 valence electrons. The predicted octanol–water partition coefficient (Wildman–Crippen LogP) is 6.07. The molecule has 0 bridgehead atoms. The lowest BCUT2D eigenvalue weighted by Crippen LogP contribution is -2.57. The molecule has 0 unspecified atom stereocenters. The fraction of sp³-hybridized carbons (Fsp3) is 0.533. The molecule has 2 amide bonds. The first-order valence-electron chi connectivity index (χ1n) is 13.7. The van der Waals surface area contributed by atoms with E-state index in [0.29, 0.717) is 35.8 Å². The molecular formula is C30H38ClF3N2O5. The van der Waals surface area contributed by atoms with Gasteiger partial charge in [0.25, 0.3) is 17.4 Å². The Balaban J connectivity index is 1.49. The minimum absolute atomic E-state index is 0.136. The summed E-state index contributed by atoms with van der Waals surface area (Å²) in [5, 5.41) is 11.1. The Morgan fingerprint density at radius 1 is 1.07 bits per heavy atom. The van der Waals surface area contributed by atoms with Gasteiger partial charge in [-0.15, -0.1) is 0 Å². The SMILES string of the molecule is CC(C)Oc1cccc([C@@](O)(C(=O)N2CCC(CCCCOc3ccc(C(=O)N(C)C)c(Cl)c3)CC2)C(F)(F)F)c1. The molecule has 0 saturated carbocycles. The zero-order valence-electron chi connectivity index (χ0n) is 23.8. The van der Waals surface area contributed by atoms with Crippen molar-refractivity contribution < 1.29 is 37.3 Å². The number of aliphatic hydroxyl groups is 1. The molecule has 0 spiro atoms. The Kier molecular flexibility index (Phi) is 10.9. The molecule has 0 aliphatic carbocycles. The van der Waals surface area contributed by atoms with Gasteiger partial charge in [0, 0.05) is 32.7 Å². The minimum Gasteiger partial charge on any atom is -0.494 e. The van der Waals surface area contributed by atoms with Gasteiger partial charge in [0.1, 0.15) is 11.5 Å². The van der Waals surface area contributed by atoms with Crippen LogP contribution in [-0.2, 0) is 10.4 Å². The highest BCUT2D eigenvalue weighted by atomic mass is 35.5. The highest BCUT2D eigenvalue weighted by Gasteiger charge is 2.62. The molecule has 1 N–H and O–H groups in total. The first-order valence-corrected chi connectivity index (χ1v) is 14.1.